The summed E-state index contributed by atoms with van der Waals surface area (Å²) in [5.41, 5.74) is 0. The molecule has 1 rings (SSSR count). The van der Waals surface area contributed by atoms with Crippen molar-refractivity contribution in [2.24, 2.45) is 0 Å². The molecule has 302 valence electrons. The van der Waals surface area contributed by atoms with Crippen LogP contribution in [0.15, 0.2) is 12.2 Å². The lowest BCUT2D eigenvalue weighted by molar-refractivity contribution is -0.220. The van der Waals surface area contributed by atoms with Gasteiger partial charge in [-0.15, -0.1) is 0 Å². The predicted octanol–water partition coefficient (Wildman–Crippen LogP) is 4.69. The van der Waals surface area contributed by atoms with Crippen LogP contribution >= 0.6 is 7.82 Å². The number of allylic oxidation sites excluding steroid dienone is 1. The average molecular weight is 754 g/mol. The Labute approximate surface area is 306 Å². The van der Waals surface area contributed by atoms with Gasteiger partial charge in [-0.25, -0.2) is 4.57 Å². The van der Waals surface area contributed by atoms with Gasteiger partial charge in [0.25, 0.3) is 0 Å². The van der Waals surface area contributed by atoms with Gasteiger partial charge in [0, 0.05) is 0 Å². The highest BCUT2D eigenvalue weighted by Crippen LogP contribution is 2.47. The summed E-state index contributed by atoms with van der Waals surface area (Å²) in [5, 5.41) is 73.9. The van der Waals surface area contributed by atoms with E-state index in [2.05, 4.69) is 19.2 Å². The Morgan fingerprint density at radius 1 is 0.686 bits per heavy atom. The third kappa shape index (κ3) is 21.5. The molecule has 1 aliphatic rings. The molecule has 1 amide bonds. The van der Waals surface area contributed by atoms with Gasteiger partial charge >= 0.3 is 7.82 Å². The number of hydrogen-bond donors (Lipinski definition) is 9. The number of nitrogens with one attached hydrogen (secondary N) is 1. The van der Waals surface area contributed by atoms with E-state index in [1.165, 1.54) is 83.1 Å². The van der Waals surface area contributed by atoms with E-state index in [1.54, 1.807) is 6.08 Å². The van der Waals surface area contributed by atoms with E-state index in [4.69, 9.17) is 9.05 Å². The van der Waals surface area contributed by atoms with Crippen molar-refractivity contribution in [3.05, 3.63) is 12.2 Å². The zero-order valence-electron chi connectivity index (χ0n) is 31.3. The van der Waals surface area contributed by atoms with Crippen LogP contribution in [0, 0.1) is 0 Å². The molecule has 51 heavy (non-hydrogen) atoms. The Bertz CT molecular complexity index is 943. The summed E-state index contributed by atoms with van der Waals surface area (Å²) in [4.78, 5) is 23.2. The lowest BCUT2D eigenvalue weighted by atomic mass is 9.85. The van der Waals surface area contributed by atoms with Gasteiger partial charge in [-0.2, -0.15) is 0 Å². The Morgan fingerprint density at radius 2 is 1.12 bits per heavy atom. The number of amides is 1. The first-order valence-electron chi connectivity index (χ1n) is 19.7. The maximum atomic E-state index is 12.9. The number of carbonyl (C=O) groups excluding carboxylic acids is 1. The largest absolute Gasteiger partial charge is 0.472 e. The van der Waals surface area contributed by atoms with Gasteiger partial charge in [0.2, 0.25) is 5.91 Å². The number of aliphatic hydroxyl groups is 7. The van der Waals surface area contributed by atoms with Crippen molar-refractivity contribution >= 4 is 13.7 Å². The van der Waals surface area contributed by atoms with Crippen molar-refractivity contribution in [3.8, 4) is 0 Å². The van der Waals surface area contributed by atoms with Crippen molar-refractivity contribution in [2.45, 2.75) is 210 Å². The molecule has 14 heteroatoms. The van der Waals surface area contributed by atoms with Crippen LogP contribution in [-0.2, 0) is 18.4 Å². The standard InChI is InChI=1S/C37H72NO12P/c1-3-5-7-9-11-13-14-15-16-17-19-21-23-25-30(40)29(38-31(41)26-28(39)24-22-20-18-12-10-8-6-4-2)27-49-51(47,48)50-37-35(45)33(43)32(42)34(44)36(37)46/h23,25,28-30,32-37,39-40,42-46H,3-22,24,26-27H2,1-2H3,(H,38,41)(H,47,48)/b25-23+. The van der Waals surface area contributed by atoms with Crippen LogP contribution in [-0.4, -0.2) is 108 Å². The normalized spacial score (nSPS) is 25.5. The van der Waals surface area contributed by atoms with E-state index in [1.807, 2.05) is 0 Å². The fraction of sp³-hybridized carbons (Fsp3) is 0.919. The molecule has 8 unspecified atom stereocenters. The summed E-state index contributed by atoms with van der Waals surface area (Å²) in [7, 11) is -5.12. The summed E-state index contributed by atoms with van der Waals surface area (Å²) in [6.45, 7) is 3.66. The molecule has 0 heterocycles. The van der Waals surface area contributed by atoms with Crippen LogP contribution in [0.2, 0.25) is 0 Å². The van der Waals surface area contributed by atoms with Crippen LogP contribution in [0.5, 0.6) is 0 Å². The van der Waals surface area contributed by atoms with E-state index in [9.17, 15) is 50.0 Å². The molecule has 9 N–H and O–H groups in total. The zero-order valence-corrected chi connectivity index (χ0v) is 32.2. The van der Waals surface area contributed by atoms with Gasteiger partial charge in [0.1, 0.15) is 36.6 Å². The topological polar surface area (TPSA) is 226 Å². The van der Waals surface area contributed by atoms with Gasteiger partial charge in [0.05, 0.1) is 31.3 Å². The number of carbonyl (C=O) groups is 1. The summed E-state index contributed by atoms with van der Waals surface area (Å²) < 4.78 is 22.7. The molecule has 0 radical (unpaired) electrons. The summed E-state index contributed by atoms with van der Waals surface area (Å²) in [5.74, 6) is -0.597. The van der Waals surface area contributed by atoms with Crippen LogP contribution in [0.3, 0.4) is 0 Å². The summed E-state index contributed by atoms with van der Waals surface area (Å²) >= 11 is 0. The Hall–Kier alpha value is -0.960. The fourth-order valence-corrected chi connectivity index (χ4v) is 7.26. The van der Waals surface area contributed by atoms with Gasteiger partial charge in [0.15, 0.2) is 0 Å². The first-order chi connectivity index (χ1) is 24.3. The van der Waals surface area contributed by atoms with Crippen LogP contribution in [0.25, 0.3) is 0 Å². The lowest BCUT2D eigenvalue weighted by Crippen LogP contribution is -2.64. The fourth-order valence-electron chi connectivity index (χ4n) is 6.30. The molecule has 0 aromatic carbocycles. The second kappa shape index (κ2) is 28.5. The molecule has 1 aliphatic carbocycles. The van der Waals surface area contributed by atoms with Crippen molar-refractivity contribution in [3.63, 3.8) is 0 Å². The summed E-state index contributed by atoms with van der Waals surface area (Å²) in [6.07, 6.45) is 11.9. The third-order valence-corrected chi connectivity index (χ3v) is 10.6. The lowest BCUT2D eigenvalue weighted by Gasteiger charge is -2.41. The van der Waals surface area contributed by atoms with Crippen LogP contribution < -0.4 is 5.32 Å². The number of hydrogen-bond acceptors (Lipinski definition) is 11. The zero-order chi connectivity index (χ0) is 38.1. The molecule has 0 spiro atoms. The van der Waals surface area contributed by atoms with E-state index in [-0.39, 0.29) is 6.42 Å². The highest BCUT2D eigenvalue weighted by atomic mass is 31.2. The molecule has 0 aromatic heterocycles. The van der Waals surface area contributed by atoms with Crippen LogP contribution in [0.4, 0.5) is 0 Å². The van der Waals surface area contributed by atoms with E-state index in [0.29, 0.717) is 12.8 Å². The molecular weight excluding hydrogens is 681 g/mol. The predicted molar refractivity (Wildman–Crippen MR) is 197 cm³/mol. The maximum Gasteiger partial charge on any atom is 0.472 e. The molecule has 8 atom stereocenters. The highest BCUT2D eigenvalue weighted by molar-refractivity contribution is 7.47. The van der Waals surface area contributed by atoms with E-state index >= 15 is 0 Å². The molecule has 0 saturated heterocycles. The average Bonchev–Trinajstić information content (AvgIpc) is 3.09. The molecule has 0 aliphatic heterocycles. The first-order valence-corrected chi connectivity index (χ1v) is 21.2. The number of phosphoric ester groups is 1. The Balaban J connectivity index is 2.67. The van der Waals surface area contributed by atoms with Gasteiger partial charge in [-0.05, 0) is 19.3 Å². The van der Waals surface area contributed by atoms with Crippen LogP contribution in [0.1, 0.15) is 155 Å². The van der Waals surface area contributed by atoms with Crippen molar-refractivity contribution in [2.75, 3.05) is 6.61 Å². The molecular formula is C37H72NO12P. The van der Waals surface area contributed by atoms with Crippen molar-refractivity contribution in [1.29, 1.82) is 0 Å². The van der Waals surface area contributed by atoms with Gasteiger partial charge in [-0.1, -0.05) is 142 Å². The van der Waals surface area contributed by atoms with E-state index in [0.717, 1.165) is 44.9 Å². The van der Waals surface area contributed by atoms with E-state index < -0.39 is 75.2 Å². The second-order valence-electron chi connectivity index (χ2n) is 14.3. The minimum Gasteiger partial charge on any atom is -0.393 e. The smallest absolute Gasteiger partial charge is 0.393 e. The SMILES string of the molecule is CCCCCCCCCCCCC/C=C/C(O)C(COP(=O)(O)OC1C(O)C(O)C(O)C(O)C1O)NC(=O)CC(O)CCCCCCCCCC. The minimum absolute atomic E-state index is 0.242. The molecule has 0 aromatic rings. The summed E-state index contributed by atoms with van der Waals surface area (Å²) in [6, 6.07) is -1.23. The third-order valence-electron chi connectivity index (χ3n) is 9.62. The number of aliphatic hydroxyl groups excluding tert-OH is 7. The van der Waals surface area contributed by atoms with Crippen molar-refractivity contribution < 1.29 is 59.0 Å². The number of unbranched alkanes of at least 4 members (excludes halogenated alkanes) is 18. The monoisotopic (exact) mass is 753 g/mol. The number of rotatable bonds is 31. The Morgan fingerprint density at radius 3 is 1.61 bits per heavy atom. The number of phosphoric acid groups is 1. The van der Waals surface area contributed by atoms with Gasteiger partial charge < -0.3 is 46.0 Å². The Kier molecular flexibility index (Phi) is 26.8. The first kappa shape index (κ1) is 48.1. The molecule has 1 fully saturated rings. The molecule has 1 saturated carbocycles. The maximum absolute atomic E-state index is 12.9. The molecule has 13 nitrogen and oxygen atoms in total. The minimum atomic E-state index is -5.12. The molecule has 0 bridgehead atoms. The van der Waals surface area contributed by atoms with Crippen molar-refractivity contribution in [1.82, 2.24) is 5.32 Å². The highest BCUT2D eigenvalue weighted by Gasteiger charge is 2.51. The second-order valence-corrected chi connectivity index (χ2v) is 15.7. The van der Waals surface area contributed by atoms with Gasteiger partial charge in [-0.3, -0.25) is 13.8 Å². The quantitative estimate of drug-likeness (QED) is 0.0267.